The lowest BCUT2D eigenvalue weighted by molar-refractivity contribution is 0.0367. The second kappa shape index (κ2) is 16.5. The second-order valence-corrected chi connectivity index (χ2v) is 11.6. The zero-order valence-corrected chi connectivity index (χ0v) is 26.0. The van der Waals surface area contributed by atoms with E-state index in [-0.39, 0.29) is 31.1 Å². The fraction of sp³-hybridized carbons (Fsp3) is 0.333. The number of benzene rings is 4. The van der Waals surface area contributed by atoms with Crippen LogP contribution in [0.25, 0.3) is 22.3 Å². The molecule has 7 heterocycles. The molecule has 234 valence electrons. The van der Waals surface area contributed by atoms with Gasteiger partial charge in [-0.05, 0) is 96.0 Å². The van der Waals surface area contributed by atoms with E-state index >= 15 is 0 Å². The predicted octanol–water partition coefficient (Wildman–Crippen LogP) is 9.17. The molecule has 0 radical (unpaired) electrons. The SMILES string of the molecule is C[C@@H]1CCOC(=O)c2ccc(cc2)-c2ccc(cc2)OCCCCCCCCOc2ccc(cc2)-c2ccc(cc2)C(=O)OC1. The molecular weight excluding hydrogens is 564 g/mol. The highest BCUT2D eigenvalue weighted by atomic mass is 16.5. The van der Waals surface area contributed by atoms with Crippen LogP contribution in [-0.4, -0.2) is 38.4 Å². The maximum Gasteiger partial charge on any atom is 0.338 e. The number of hydrogen-bond donors (Lipinski definition) is 0. The lowest BCUT2D eigenvalue weighted by Gasteiger charge is -2.13. The number of carbonyl (C=O) groups is 2. The summed E-state index contributed by atoms with van der Waals surface area (Å²) in [5.41, 5.74) is 5.15. The van der Waals surface area contributed by atoms with Gasteiger partial charge in [0.05, 0.1) is 37.6 Å². The normalized spacial score (nSPS) is 17.5. The topological polar surface area (TPSA) is 71.1 Å². The number of rotatable bonds is 0. The Morgan fingerprint density at radius 3 is 1.22 bits per heavy atom. The zero-order valence-electron chi connectivity index (χ0n) is 26.0. The van der Waals surface area contributed by atoms with Crippen molar-refractivity contribution in [3.63, 3.8) is 0 Å². The van der Waals surface area contributed by atoms with E-state index in [2.05, 4.69) is 0 Å². The Morgan fingerprint density at radius 2 is 0.778 bits per heavy atom. The molecule has 0 saturated heterocycles. The smallest absolute Gasteiger partial charge is 0.338 e. The van der Waals surface area contributed by atoms with Gasteiger partial charge in [0.2, 0.25) is 0 Å². The van der Waals surface area contributed by atoms with Crippen LogP contribution in [0.1, 0.15) is 72.6 Å². The third-order valence-electron chi connectivity index (χ3n) is 8.04. The number of hydrogen-bond acceptors (Lipinski definition) is 6. The Kier molecular flexibility index (Phi) is 11.7. The van der Waals surface area contributed by atoms with E-state index in [0.29, 0.717) is 30.8 Å². The van der Waals surface area contributed by atoms with E-state index in [4.69, 9.17) is 18.9 Å². The summed E-state index contributed by atoms with van der Waals surface area (Å²) in [6.45, 7) is 3.89. The third kappa shape index (κ3) is 9.70. The van der Waals surface area contributed by atoms with Crippen LogP contribution in [0.5, 0.6) is 11.5 Å². The van der Waals surface area contributed by atoms with Gasteiger partial charge in [-0.15, -0.1) is 0 Å². The lowest BCUT2D eigenvalue weighted by atomic mass is 10.0. The Morgan fingerprint density at radius 1 is 0.422 bits per heavy atom. The van der Waals surface area contributed by atoms with Crippen LogP contribution in [0.4, 0.5) is 0 Å². The molecule has 4 aromatic carbocycles. The van der Waals surface area contributed by atoms with Crippen molar-refractivity contribution in [3.05, 3.63) is 108 Å². The average Bonchev–Trinajstić information content (AvgIpc) is 3.08. The summed E-state index contributed by atoms with van der Waals surface area (Å²) in [7, 11) is 0. The van der Waals surface area contributed by atoms with Crippen LogP contribution in [-0.2, 0) is 9.47 Å². The lowest BCUT2D eigenvalue weighted by Crippen LogP contribution is -2.15. The van der Waals surface area contributed by atoms with Crippen LogP contribution in [0.3, 0.4) is 0 Å². The quantitative estimate of drug-likeness (QED) is 0.186. The minimum absolute atomic E-state index is 0.0407. The first kappa shape index (κ1) is 31.8. The van der Waals surface area contributed by atoms with E-state index in [1.165, 1.54) is 12.8 Å². The molecule has 45 heavy (non-hydrogen) atoms. The Bertz CT molecular complexity index is 1490. The highest BCUT2D eigenvalue weighted by Crippen LogP contribution is 2.25. The van der Waals surface area contributed by atoms with Gasteiger partial charge in [0.25, 0.3) is 0 Å². The first-order valence-corrected chi connectivity index (χ1v) is 16.1. The second-order valence-electron chi connectivity index (χ2n) is 11.6. The highest BCUT2D eigenvalue weighted by molar-refractivity contribution is 5.90. The minimum atomic E-state index is -0.367. The highest BCUT2D eigenvalue weighted by Gasteiger charge is 2.13. The number of esters is 2. The molecule has 0 saturated carbocycles. The van der Waals surface area contributed by atoms with Crippen molar-refractivity contribution < 1.29 is 28.5 Å². The summed E-state index contributed by atoms with van der Waals surface area (Å²) in [5.74, 6) is 1.03. The molecule has 0 unspecified atom stereocenters. The number of carbonyl (C=O) groups excluding carboxylic acids is 2. The van der Waals surface area contributed by atoms with Crippen molar-refractivity contribution in [2.45, 2.75) is 51.9 Å². The maximum atomic E-state index is 12.6. The van der Waals surface area contributed by atoms with Gasteiger partial charge in [0.1, 0.15) is 11.5 Å². The molecule has 8 bridgehead atoms. The van der Waals surface area contributed by atoms with Gasteiger partial charge in [-0.1, -0.05) is 81.1 Å². The molecule has 0 fully saturated rings. The van der Waals surface area contributed by atoms with Crippen LogP contribution >= 0.6 is 0 Å². The molecule has 6 heteroatoms. The molecule has 4 aromatic rings. The molecule has 6 nitrogen and oxygen atoms in total. The molecule has 7 aliphatic heterocycles. The van der Waals surface area contributed by atoms with Gasteiger partial charge >= 0.3 is 11.9 Å². The number of ether oxygens (including phenoxy) is 4. The van der Waals surface area contributed by atoms with Crippen molar-refractivity contribution in [1.29, 1.82) is 0 Å². The fourth-order valence-electron chi connectivity index (χ4n) is 5.20. The van der Waals surface area contributed by atoms with Crippen LogP contribution in [0, 0.1) is 5.92 Å². The minimum Gasteiger partial charge on any atom is -0.494 e. The van der Waals surface area contributed by atoms with Crippen LogP contribution in [0.2, 0.25) is 0 Å². The Labute approximate surface area is 266 Å². The third-order valence-corrected chi connectivity index (χ3v) is 8.04. The summed E-state index contributed by atoms with van der Waals surface area (Å²) in [6, 6.07) is 31.0. The maximum absolute atomic E-state index is 12.6. The first-order chi connectivity index (χ1) is 22.0. The molecule has 0 aliphatic carbocycles. The largest absolute Gasteiger partial charge is 0.494 e. The summed E-state index contributed by atoms with van der Waals surface area (Å²) in [5, 5.41) is 0. The van der Waals surface area contributed by atoms with E-state index in [0.717, 1.165) is 59.4 Å². The molecule has 7 aliphatic rings. The van der Waals surface area contributed by atoms with E-state index in [1.54, 1.807) is 24.3 Å². The average molecular weight is 607 g/mol. The summed E-state index contributed by atoms with van der Waals surface area (Å²) < 4.78 is 22.9. The molecule has 11 rings (SSSR count). The summed E-state index contributed by atoms with van der Waals surface area (Å²) in [4.78, 5) is 25.2. The molecule has 0 amide bonds. The summed E-state index contributed by atoms with van der Waals surface area (Å²) >= 11 is 0. The van der Waals surface area contributed by atoms with Crippen molar-refractivity contribution in [2.75, 3.05) is 26.4 Å². The molecule has 1 atom stereocenters. The molecular formula is C39H42O6. The van der Waals surface area contributed by atoms with Crippen molar-refractivity contribution in [2.24, 2.45) is 5.92 Å². The molecule has 0 N–H and O–H groups in total. The Hall–Kier alpha value is -4.58. The van der Waals surface area contributed by atoms with Gasteiger partial charge in [-0.25, -0.2) is 9.59 Å². The monoisotopic (exact) mass is 606 g/mol. The van der Waals surface area contributed by atoms with E-state index in [9.17, 15) is 9.59 Å². The van der Waals surface area contributed by atoms with Crippen LogP contribution in [0.15, 0.2) is 97.1 Å². The molecule has 0 spiro atoms. The van der Waals surface area contributed by atoms with E-state index < -0.39 is 0 Å². The van der Waals surface area contributed by atoms with Crippen molar-refractivity contribution >= 4 is 11.9 Å². The van der Waals surface area contributed by atoms with Gasteiger partial charge < -0.3 is 18.9 Å². The van der Waals surface area contributed by atoms with Gasteiger partial charge in [0.15, 0.2) is 0 Å². The molecule has 0 aromatic heterocycles. The van der Waals surface area contributed by atoms with Crippen molar-refractivity contribution in [3.8, 4) is 33.8 Å². The first-order valence-electron chi connectivity index (χ1n) is 16.1. The Balaban J connectivity index is 1.18. The van der Waals surface area contributed by atoms with Gasteiger partial charge in [-0.3, -0.25) is 0 Å². The predicted molar refractivity (Wildman–Crippen MR) is 177 cm³/mol. The fourth-order valence-corrected chi connectivity index (χ4v) is 5.20. The zero-order chi connectivity index (χ0) is 31.3. The van der Waals surface area contributed by atoms with Crippen molar-refractivity contribution in [1.82, 2.24) is 0 Å². The standard InChI is InChI=1S/C39H42O6/c1-29-24-27-44-38(40)34-12-8-30(9-13-34)32-16-20-36(21-17-32)42-25-6-4-2-3-5-7-26-43-37-22-18-33(19-23-37)31-10-14-35(15-11-31)39(41)45-28-29/h8-23,29H,2-7,24-28H2,1H3/t29-/m1/s1. The van der Waals surface area contributed by atoms with E-state index in [1.807, 2.05) is 79.7 Å². The van der Waals surface area contributed by atoms with Gasteiger partial charge in [0, 0.05) is 0 Å². The summed E-state index contributed by atoms with van der Waals surface area (Å²) in [6.07, 6.45) is 7.34. The van der Waals surface area contributed by atoms with Crippen LogP contribution < -0.4 is 9.47 Å². The van der Waals surface area contributed by atoms with Gasteiger partial charge in [-0.2, -0.15) is 0 Å².